The second kappa shape index (κ2) is 6.36. The minimum atomic E-state index is -0.0879. The van der Waals surface area contributed by atoms with Gasteiger partial charge in [-0.05, 0) is 52.0 Å². The van der Waals surface area contributed by atoms with Crippen LogP contribution in [-0.4, -0.2) is 12.5 Å². The van der Waals surface area contributed by atoms with E-state index in [-0.39, 0.29) is 5.91 Å². The molecule has 0 aliphatic carbocycles. The van der Waals surface area contributed by atoms with E-state index in [1.165, 1.54) is 4.88 Å². The lowest BCUT2D eigenvalue weighted by atomic mass is 10.2. The van der Waals surface area contributed by atoms with Crippen LogP contribution in [0.25, 0.3) is 0 Å². The summed E-state index contributed by atoms with van der Waals surface area (Å²) in [5.74, 6) is -0.0879. The van der Waals surface area contributed by atoms with Gasteiger partial charge in [0, 0.05) is 20.9 Å². The molecule has 1 aromatic heterocycles. The van der Waals surface area contributed by atoms with E-state index in [4.69, 9.17) is 11.6 Å². The van der Waals surface area contributed by atoms with Crippen LogP contribution in [0, 0.1) is 0 Å². The Morgan fingerprint density at radius 3 is 2.89 bits per heavy atom. The summed E-state index contributed by atoms with van der Waals surface area (Å²) in [7, 11) is 0. The summed E-state index contributed by atoms with van der Waals surface area (Å²) in [6.07, 6.45) is 0.856. The van der Waals surface area contributed by atoms with Crippen molar-refractivity contribution in [1.82, 2.24) is 5.32 Å². The molecule has 0 saturated heterocycles. The average molecular weight is 345 g/mol. The Labute approximate surface area is 123 Å². The average Bonchev–Trinajstić information content (AvgIpc) is 2.81. The molecule has 1 aromatic carbocycles. The summed E-state index contributed by atoms with van der Waals surface area (Å²) in [6, 6.07) is 9.22. The standard InChI is InChI=1S/C13H11BrClNOS/c14-12-8-9(15)3-4-11(12)13(17)16-6-5-10-2-1-7-18-10/h1-4,7-8H,5-6H2,(H,16,17). The molecule has 0 radical (unpaired) electrons. The van der Waals surface area contributed by atoms with Crippen molar-refractivity contribution in [2.24, 2.45) is 0 Å². The fourth-order valence-electron chi connectivity index (χ4n) is 1.52. The maximum Gasteiger partial charge on any atom is 0.252 e. The van der Waals surface area contributed by atoms with E-state index in [1.807, 2.05) is 11.4 Å². The normalized spacial score (nSPS) is 10.3. The summed E-state index contributed by atoms with van der Waals surface area (Å²) < 4.78 is 0.712. The highest BCUT2D eigenvalue weighted by molar-refractivity contribution is 9.10. The summed E-state index contributed by atoms with van der Waals surface area (Å²) in [5.41, 5.74) is 0.602. The molecule has 2 rings (SSSR count). The SMILES string of the molecule is O=C(NCCc1cccs1)c1ccc(Cl)cc1Br. The van der Waals surface area contributed by atoms with Gasteiger partial charge in [-0.1, -0.05) is 17.7 Å². The fraction of sp³-hybridized carbons (Fsp3) is 0.154. The largest absolute Gasteiger partial charge is 0.352 e. The van der Waals surface area contributed by atoms with Gasteiger partial charge in [0.2, 0.25) is 0 Å². The number of hydrogen-bond donors (Lipinski definition) is 1. The number of carbonyl (C=O) groups is 1. The van der Waals surface area contributed by atoms with E-state index in [0.717, 1.165) is 6.42 Å². The minimum absolute atomic E-state index is 0.0879. The molecule has 0 aliphatic rings. The van der Waals surface area contributed by atoms with Crippen LogP contribution in [0.4, 0.5) is 0 Å². The predicted molar refractivity (Wildman–Crippen MR) is 79.5 cm³/mol. The van der Waals surface area contributed by atoms with Crippen LogP contribution in [0.2, 0.25) is 5.02 Å². The number of rotatable bonds is 4. The molecule has 18 heavy (non-hydrogen) atoms. The van der Waals surface area contributed by atoms with Gasteiger partial charge in [-0.3, -0.25) is 4.79 Å². The lowest BCUT2D eigenvalue weighted by molar-refractivity contribution is 0.0953. The minimum Gasteiger partial charge on any atom is -0.352 e. The van der Waals surface area contributed by atoms with Crippen LogP contribution < -0.4 is 5.32 Å². The summed E-state index contributed by atoms with van der Waals surface area (Å²) >= 11 is 10.9. The Bertz CT molecular complexity index is 542. The van der Waals surface area contributed by atoms with E-state index >= 15 is 0 Å². The Hall–Kier alpha value is -0.840. The third-order valence-corrected chi connectivity index (χ3v) is 4.24. The number of carbonyl (C=O) groups excluding carboxylic acids is 1. The molecule has 0 saturated carbocycles. The molecule has 0 atom stereocenters. The Balaban J connectivity index is 1.91. The van der Waals surface area contributed by atoms with Crippen LogP contribution in [0.3, 0.4) is 0 Å². The zero-order valence-corrected chi connectivity index (χ0v) is 12.6. The number of thiophene rings is 1. The van der Waals surface area contributed by atoms with Crippen molar-refractivity contribution >= 4 is 44.8 Å². The van der Waals surface area contributed by atoms with Crippen molar-refractivity contribution in [2.45, 2.75) is 6.42 Å². The Morgan fingerprint density at radius 1 is 1.39 bits per heavy atom. The van der Waals surface area contributed by atoms with Crippen LogP contribution in [-0.2, 0) is 6.42 Å². The maximum atomic E-state index is 11.9. The highest BCUT2D eigenvalue weighted by atomic mass is 79.9. The van der Waals surface area contributed by atoms with E-state index in [1.54, 1.807) is 29.5 Å². The number of amides is 1. The monoisotopic (exact) mass is 343 g/mol. The molecule has 0 aliphatic heterocycles. The number of benzene rings is 1. The zero-order chi connectivity index (χ0) is 13.0. The first kappa shape index (κ1) is 13.6. The van der Waals surface area contributed by atoms with Crippen LogP contribution >= 0.6 is 38.9 Å². The zero-order valence-electron chi connectivity index (χ0n) is 9.45. The third kappa shape index (κ3) is 3.57. The molecule has 94 valence electrons. The second-order valence-corrected chi connectivity index (χ2v) is 6.03. The number of nitrogens with one attached hydrogen (secondary N) is 1. The lowest BCUT2D eigenvalue weighted by Gasteiger charge is -2.06. The molecule has 0 bridgehead atoms. The van der Waals surface area contributed by atoms with E-state index in [0.29, 0.717) is 21.6 Å². The van der Waals surface area contributed by atoms with E-state index in [9.17, 15) is 4.79 Å². The summed E-state index contributed by atoms with van der Waals surface area (Å²) in [5, 5.41) is 5.54. The molecule has 2 nitrogen and oxygen atoms in total. The van der Waals surface area contributed by atoms with Gasteiger partial charge < -0.3 is 5.32 Å². The molecular formula is C13H11BrClNOS. The van der Waals surface area contributed by atoms with Gasteiger partial charge >= 0.3 is 0 Å². The molecule has 2 aromatic rings. The van der Waals surface area contributed by atoms with Gasteiger partial charge in [0.05, 0.1) is 5.56 Å². The first-order valence-electron chi connectivity index (χ1n) is 5.42. The van der Waals surface area contributed by atoms with Crippen LogP contribution in [0.15, 0.2) is 40.2 Å². The predicted octanol–water partition coefficient (Wildman–Crippen LogP) is 4.14. The Morgan fingerprint density at radius 2 is 2.22 bits per heavy atom. The second-order valence-electron chi connectivity index (χ2n) is 3.71. The van der Waals surface area contributed by atoms with Gasteiger partial charge in [-0.25, -0.2) is 0 Å². The van der Waals surface area contributed by atoms with Gasteiger partial charge in [0.25, 0.3) is 5.91 Å². The van der Waals surface area contributed by atoms with Crippen molar-refractivity contribution in [3.8, 4) is 0 Å². The number of halogens is 2. The van der Waals surface area contributed by atoms with Gasteiger partial charge in [-0.15, -0.1) is 11.3 Å². The highest BCUT2D eigenvalue weighted by Crippen LogP contribution is 2.21. The summed E-state index contributed by atoms with van der Waals surface area (Å²) in [6.45, 7) is 0.633. The first-order valence-corrected chi connectivity index (χ1v) is 7.47. The van der Waals surface area contributed by atoms with Crippen molar-refractivity contribution < 1.29 is 4.79 Å². The molecule has 1 amide bonds. The van der Waals surface area contributed by atoms with Crippen LogP contribution in [0.5, 0.6) is 0 Å². The molecule has 1 N–H and O–H groups in total. The van der Waals surface area contributed by atoms with Gasteiger partial charge in [-0.2, -0.15) is 0 Å². The van der Waals surface area contributed by atoms with Crippen molar-refractivity contribution in [3.63, 3.8) is 0 Å². The van der Waals surface area contributed by atoms with E-state index in [2.05, 4.69) is 27.3 Å². The van der Waals surface area contributed by atoms with Crippen molar-refractivity contribution in [2.75, 3.05) is 6.54 Å². The molecule has 0 fully saturated rings. The molecule has 0 unspecified atom stereocenters. The molecular weight excluding hydrogens is 334 g/mol. The lowest BCUT2D eigenvalue weighted by Crippen LogP contribution is -2.25. The fourth-order valence-corrected chi connectivity index (χ4v) is 3.09. The van der Waals surface area contributed by atoms with Crippen LogP contribution in [0.1, 0.15) is 15.2 Å². The smallest absolute Gasteiger partial charge is 0.252 e. The molecule has 5 heteroatoms. The topological polar surface area (TPSA) is 29.1 Å². The third-order valence-electron chi connectivity index (χ3n) is 2.41. The Kier molecular flexibility index (Phi) is 4.80. The van der Waals surface area contributed by atoms with Gasteiger partial charge in [0.15, 0.2) is 0 Å². The van der Waals surface area contributed by atoms with Crippen molar-refractivity contribution in [1.29, 1.82) is 0 Å². The summed E-state index contributed by atoms with van der Waals surface area (Å²) in [4.78, 5) is 13.2. The van der Waals surface area contributed by atoms with E-state index < -0.39 is 0 Å². The number of hydrogen-bond acceptors (Lipinski definition) is 2. The maximum absolute atomic E-state index is 11.9. The molecule has 1 heterocycles. The van der Waals surface area contributed by atoms with Gasteiger partial charge in [0.1, 0.15) is 0 Å². The highest BCUT2D eigenvalue weighted by Gasteiger charge is 2.09. The molecule has 0 spiro atoms. The van der Waals surface area contributed by atoms with Crippen molar-refractivity contribution in [3.05, 3.63) is 55.6 Å². The quantitative estimate of drug-likeness (QED) is 0.887. The first-order chi connectivity index (χ1) is 8.66.